The molecule has 1 aromatic rings. The van der Waals surface area contributed by atoms with Gasteiger partial charge in [0.05, 0.1) is 16.8 Å². The summed E-state index contributed by atoms with van der Waals surface area (Å²) in [5.74, 6) is -0.135. The molecule has 116 valence electrons. The Morgan fingerprint density at radius 1 is 1.24 bits per heavy atom. The van der Waals surface area contributed by atoms with Crippen LogP contribution in [0.15, 0.2) is 0 Å². The number of aliphatic carboxylic acids is 1. The van der Waals surface area contributed by atoms with E-state index in [1.54, 1.807) is 0 Å². The normalized spacial score (nSPS) is 21.8. The largest absolute Gasteiger partial charge is 0.481 e. The third kappa shape index (κ3) is 2.99. The smallest absolute Gasteiger partial charge is 0.311 e. The van der Waals surface area contributed by atoms with Gasteiger partial charge in [-0.3, -0.25) is 4.79 Å². The van der Waals surface area contributed by atoms with Crippen molar-refractivity contribution in [2.45, 2.75) is 52.9 Å². The van der Waals surface area contributed by atoms with E-state index in [4.69, 9.17) is 0 Å². The fraction of sp³-hybridized carbons (Fsp3) is 0.733. The fourth-order valence-corrected chi connectivity index (χ4v) is 3.07. The minimum atomic E-state index is -0.708. The highest BCUT2D eigenvalue weighted by atomic mass is 16.4. The van der Waals surface area contributed by atoms with E-state index in [1.807, 2.05) is 18.7 Å². The van der Waals surface area contributed by atoms with Gasteiger partial charge in [0.2, 0.25) is 5.95 Å². The van der Waals surface area contributed by atoms with Crippen LogP contribution in [0.25, 0.3) is 0 Å². The summed E-state index contributed by atoms with van der Waals surface area (Å²) in [6.07, 6.45) is 3.85. The topological polar surface area (TPSA) is 79.2 Å². The number of aryl methyl sites for hydroxylation is 2. The Bertz CT molecular complexity index is 520. The van der Waals surface area contributed by atoms with E-state index in [9.17, 15) is 9.90 Å². The highest BCUT2D eigenvalue weighted by molar-refractivity contribution is 5.76. The summed E-state index contributed by atoms with van der Waals surface area (Å²) < 4.78 is 0. The molecule has 6 nitrogen and oxygen atoms in total. The van der Waals surface area contributed by atoms with Crippen LogP contribution in [0.1, 0.15) is 51.4 Å². The molecule has 1 aliphatic heterocycles. The van der Waals surface area contributed by atoms with Crippen molar-refractivity contribution in [1.82, 2.24) is 15.2 Å². The van der Waals surface area contributed by atoms with Crippen LogP contribution >= 0.6 is 0 Å². The Hall–Kier alpha value is -1.72. The second kappa shape index (κ2) is 6.37. The summed E-state index contributed by atoms with van der Waals surface area (Å²) in [7, 11) is 0. The zero-order valence-corrected chi connectivity index (χ0v) is 13.1. The van der Waals surface area contributed by atoms with E-state index >= 15 is 0 Å². The van der Waals surface area contributed by atoms with Crippen molar-refractivity contribution in [2.75, 3.05) is 18.0 Å². The maximum Gasteiger partial charge on any atom is 0.311 e. The number of hydrogen-bond acceptors (Lipinski definition) is 5. The van der Waals surface area contributed by atoms with Gasteiger partial charge in [0.1, 0.15) is 0 Å². The Morgan fingerprint density at radius 3 is 2.52 bits per heavy atom. The molecule has 1 aromatic heterocycles. The Morgan fingerprint density at radius 2 is 1.95 bits per heavy atom. The van der Waals surface area contributed by atoms with Crippen molar-refractivity contribution in [2.24, 2.45) is 5.41 Å². The van der Waals surface area contributed by atoms with E-state index in [2.05, 4.69) is 22.1 Å². The van der Waals surface area contributed by atoms with Crippen LogP contribution in [0.3, 0.4) is 0 Å². The Labute approximate surface area is 125 Å². The van der Waals surface area contributed by atoms with E-state index in [1.165, 1.54) is 0 Å². The van der Waals surface area contributed by atoms with Crippen molar-refractivity contribution < 1.29 is 9.90 Å². The summed E-state index contributed by atoms with van der Waals surface area (Å²) in [5.41, 5.74) is 1.23. The summed E-state index contributed by atoms with van der Waals surface area (Å²) in [6, 6.07) is 0. The molecule has 1 aliphatic rings. The number of aromatic nitrogens is 3. The molecule has 2 rings (SSSR count). The second-order valence-corrected chi connectivity index (χ2v) is 5.72. The number of carbonyl (C=O) groups is 1. The van der Waals surface area contributed by atoms with Gasteiger partial charge in [0.25, 0.3) is 0 Å². The van der Waals surface area contributed by atoms with Crippen LogP contribution in [-0.4, -0.2) is 39.3 Å². The summed E-state index contributed by atoms with van der Waals surface area (Å²) in [5, 5.41) is 18.0. The first-order valence-electron chi connectivity index (χ1n) is 7.77. The average molecular weight is 292 g/mol. The zero-order valence-electron chi connectivity index (χ0n) is 13.1. The molecule has 1 fully saturated rings. The van der Waals surface area contributed by atoms with Crippen LogP contribution < -0.4 is 4.90 Å². The number of anilines is 1. The van der Waals surface area contributed by atoms with Crippen molar-refractivity contribution >= 4 is 11.9 Å². The van der Waals surface area contributed by atoms with E-state index in [0.29, 0.717) is 31.9 Å². The van der Waals surface area contributed by atoms with Crippen LogP contribution in [0.2, 0.25) is 0 Å². The van der Waals surface area contributed by atoms with Gasteiger partial charge in [-0.1, -0.05) is 27.2 Å². The van der Waals surface area contributed by atoms with Gasteiger partial charge in [-0.15, -0.1) is 5.10 Å². The molecule has 0 saturated carbocycles. The Kier molecular flexibility index (Phi) is 4.75. The first kappa shape index (κ1) is 15.7. The van der Waals surface area contributed by atoms with E-state index < -0.39 is 11.4 Å². The van der Waals surface area contributed by atoms with Gasteiger partial charge in [0.15, 0.2) is 0 Å². The quantitative estimate of drug-likeness (QED) is 0.864. The molecule has 0 amide bonds. The van der Waals surface area contributed by atoms with Crippen LogP contribution in [-0.2, 0) is 17.6 Å². The van der Waals surface area contributed by atoms with Gasteiger partial charge in [0, 0.05) is 13.1 Å². The molecule has 6 heteroatoms. The fourth-order valence-electron chi connectivity index (χ4n) is 3.07. The van der Waals surface area contributed by atoms with Crippen molar-refractivity contribution in [1.29, 1.82) is 0 Å². The molecule has 1 unspecified atom stereocenters. The highest BCUT2D eigenvalue weighted by Gasteiger charge is 2.44. The van der Waals surface area contributed by atoms with E-state index in [0.717, 1.165) is 30.7 Å². The molecule has 1 saturated heterocycles. The first-order valence-corrected chi connectivity index (χ1v) is 7.77. The highest BCUT2D eigenvalue weighted by Crippen LogP contribution is 2.36. The molecule has 1 N–H and O–H groups in total. The standard InChI is InChI=1S/C15H24N4O2/c1-4-7-15(13(20)21)8-9-19(10-15)14-16-11(5-2)12(6-3)17-18-14/h4-10H2,1-3H3,(H,20,21). The second-order valence-electron chi connectivity index (χ2n) is 5.72. The Balaban J connectivity index is 2.23. The van der Waals surface area contributed by atoms with Crippen molar-refractivity contribution in [3.05, 3.63) is 11.4 Å². The van der Waals surface area contributed by atoms with Gasteiger partial charge >= 0.3 is 5.97 Å². The minimum Gasteiger partial charge on any atom is -0.481 e. The van der Waals surface area contributed by atoms with E-state index in [-0.39, 0.29) is 0 Å². The molecule has 0 spiro atoms. The van der Waals surface area contributed by atoms with Crippen molar-refractivity contribution in [3.63, 3.8) is 0 Å². The maximum absolute atomic E-state index is 11.6. The number of carboxylic acids is 1. The lowest BCUT2D eigenvalue weighted by atomic mass is 9.83. The molecule has 0 radical (unpaired) electrons. The number of carboxylic acid groups (broad SMARTS) is 1. The van der Waals surface area contributed by atoms with Crippen LogP contribution in [0.4, 0.5) is 5.95 Å². The SMILES string of the molecule is CCCC1(C(=O)O)CCN(c2nnc(CC)c(CC)n2)C1. The molecular weight excluding hydrogens is 268 g/mol. The molecule has 2 heterocycles. The monoisotopic (exact) mass is 292 g/mol. The average Bonchev–Trinajstić information content (AvgIpc) is 2.92. The maximum atomic E-state index is 11.6. The molecule has 0 aromatic carbocycles. The number of hydrogen-bond donors (Lipinski definition) is 1. The zero-order chi connectivity index (χ0) is 15.5. The van der Waals surface area contributed by atoms with Gasteiger partial charge < -0.3 is 10.0 Å². The van der Waals surface area contributed by atoms with Crippen molar-refractivity contribution in [3.8, 4) is 0 Å². The number of rotatable bonds is 6. The van der Waals surface area contributed by atoms with Crippen LogP contribution in [0.5, 0.6) is 0 Å². The molecule has 21 heavy (non-hydrogen) atoms. The third-order valence-corrected chi connectivity index (χ3v) is 4.32. The molecule has 0 aliphatic carbocycles. The van der Waals surface area contributed by atoms with Gasteiger partial charge in [-0.2, -0.15) is 5.10 Å². The lowest BCUT2D eigenvalue weighted by Gasteiger charge is -2.24. The first-order chi connectivity index (χ1) is 10.1. The molecule has 1 atom stereocenters. The van der Waals surface area contributed by atoms with Gasteiger partial charge in [-0.25, -0.2) is 4.98 Å². The lowest BCUT2D eigenvalue weighted by Crippen LogP contribution is -2.35. The predicted molar refractivity (Wildman–Crippen MR) is 80.4 cm³/mol. The number of nitrogens with zero attached hydrogens (tertiary/aromatic N) is 4. The molecule has 0 bridgehead atoms. The molecular formula is C15H24N4O2. The minimum absolute atomic E-state index is 0.479. The summed E-state index contributed by atoms with van der Waals surface area (Å²) >= 11 is 0. The predicted octanol–water partition coefficient (Wildman–Crippen LogP) is 2.08. The van der Waals surface area contributed by atoms with Crippen LogP contribution in [0, 0.1) is 5.41 Å². The third-order valence-electron chi connectivity index (χ3n) is 4.32. The summed E-state index contributed by atoms with van der Waals surface area (Å²) in [6.45, 7) is 7.28. The van der Waals surface area contributed by atoms with Gasteiger partial charge in [-0.05, 0) is 25.7 Å². The lowest BCUT2D eigenvalue weighted by molar-refractivity contribution is -0.148. The summed E-state index contributed by atoms with van der Waals surface area (Å²) in [4.78, 5) is 18.2.